The van der Waals surface area contributed by atoms with Crippen LogP contribution in [0.2, 0.25) is 0 Å². The van der Waals surface area contributed by atoms with E-state index >= 15 is 0 Å². The topological polar surface area (TPSA) is 420 Å². The molecule has 10 atom stereocenters. The number of carbonyl (C=O) groups excluding carboxylic acids is 11. The minimum Gasteiger partial charge on any atom is -0.508 e. The Kier molecular flexibility index (Phi) is 27.7. The summed E-state index contributed by atoms with van der Waals surface area (Å²) in [5.74, 6) is -12.7. The Balaban J connectivity index is 1.83. The molecule has 15 N–H and O–H groups in total. The Morgan fingerprint density at radius 2 is 1.21 bits per heavy atom. The maximum absolute atomic E-state index is 14.2. The highest BCUT2D eigenvalue weighted by Gasteiger charge is 2.41. The molecule has 0 spiro atoms. The standard InChI is InChI=1S/C52H75N11O15S2/c1-5-28(4)43(62-48(73)35(57-44(69)32(53)25-79)21-30-13-15-31(64)16-14-30)50(75)56-33(17-18-40(54)65)45(70)58-36(23-41(55)66)47(72)61-38(26-80)51(76)63-19-9-12-39(63)49(74)59-34(20-27(2)3)46(71)60-37(52(77)78-24-42(67)68)22-29-10-7-6-8-11-29/h6-8,10-11,13-16,27-28,32-39,43,64,79-80H,5,9,12,17-26,53H2,1-4H3,(H2,54,65)(H2,55,66)(H,56,75)(H,57,69)(H,58,70)(H,59,74)(H,60,71)(H,61,72)(H,62,73)(H,67,68)/t28-,32-,33-,34-,35-,36-,37-,38-,39-,43-/m0/s1. The Bertz CT molecular complexity index is 2510. The van der Waals surface area contributed by atoms with E-state index in [2.05, 4.69) is 62.5 Å². The number of likely N-dealkylation sites (tertiary alicyclic amines) is 1. The van der Waals surface area contributed by atoms with Crippen LogP contribution in [0.3, 0.4) is 0 Å². The maximum Gasteiger partial charge on any atom is 0.341 e. The number of nitrogens with two attached hydrogens (primary N) is 3. The number of primary amides is 2. The number of aliphatic carboxylic acids is 1. The van der Waals surface area contributed by atoms with Gasteiger partial charge in [-0.15, -0.1) is 0 Å². The van der Waals surface area contributed by atoms with Crippen molar-refractivity contribution in [2.45, 2.75) is 140 Å². The second kappa shape index (κ2) is 33.2. The summed E-state index contributed by atoms with van der Waals surface area (Å²) in [4.78, 5) is 161. The highest BCUT2D eigenvalue weighted by molar-refractivity contribution is 7.80. The van der Waals surface area contributed by atoms with Crippen LogP contribution in [0.25, 0.3) is 0 Å². The van der Waals surface area contributed by atoms with E-state index in [-0.39, 0.29) is 55.4 Å². The van der Waals surface area contributed by atoms with Crippen LogP contribution < -0.4 is 54.4 Å². The van der Waals surface area contributed by atoms with Gasteiger partial charge in [-0.2, -0.15) is 25.3 Å². The van der Waals surface area contributed by atoms with E-state index in [4.69, 9.17) is 27.0 Å². The number of carboxylic acid groups (broad SMARTS) is 1. The number of ether oxygens (including phenoxy) is 1. The highest BCUT2D eigenvalue weighted by atomic mass is 32.1. The van der Waals surface area contributed by atoms with E-state index in [1.807, 2.05) is 0 Å². The van der Waals surface area contributed by atoms with Crippen LogP contribution >= 0.6 is 25.3 Å². The number of thiol groups is 2. The van der Waals surface area contributed by atoms with Crippen LogP contribution in [0.1, 0.15) is 83.8 Å². The molecule has 440 valence electrons. The fourth-order valence-corrected chi connectivity index (χ4v) is 8.79. The molecule has 1 aliphatic rings. The number of aromatic hydroxyl groups is 1. The minimum atomic E-state index is -1.80. The lowest BCUT2D eigenvalue weighted by Crippen LogP contribution is -2.61. The summed E-state index contributed by atoms with van der Waals surface area (Å²) in [7, 11) is 0. The van der Waals surface area contributed by atoms with Gasteiger partial charge in [0.05, 0.1) is 12.5 Å². The van der Waals surface area contributed by atoms with Gasteiger partial charge >= 0.3 is 11.9 Å². The van der Waals surface area contributed by atoms with Crippen LogP contribution in [-0.2, 0) is 75.1 Å². The smallest absolute Gasteiger partial charge is 0.341 e. The number of carbonyl (C=O) groups is 12. The van der Waals surface area contributed by atoms with E-state index < -0.39 is 157 Å². The van der Waals surface area contributed by atoms with Crippen molar-refractivity contribution in [2.75, 3.05) is 24.7 Å². The summed E-state index contributed by atoms with van der Waals surface area (Å²) < 4.78 is 4.90. The molecule has 1 fully saturated rings. The lowest BCUT2D eigenvalue weighted by atomic mass is 9.96. The number of hydrogen-bond donors (Lipinski definition) is 14. The molecule has 2 aromatic rings. The van der Waals surface area contributed by atoms with Gasteiger partial charge in [0.1, 0.15) is 54.1 Å². The minimum absolute atomic E-state index is 0.0193. The summed E-state index contributed by atoms with van der Waals surface area (Å²) in [5, 5.41) is 36.6. The first kappa shape index (κ1) is 66.8. The molecule has 0 aromatic heterocycles. The van der Waals surface area contributed by atoms with Gasteiger partial charge in [0.2, 0.25) is 59.1 Å². The number of rotatable bonds is 33. The predicted octanol–water partition coefficient (Wildman–Crippen LogP) is -2.39. The molecular formula is C52H75N11O15S2. The quantitative estimate of drug-likeness (QED) is 0.0262. The van der Waals surface area contributed by atoms with E-state index in [0.29, 0.717) is 24.0 Å². The van der Waals surface area contributed by atoms with E-state index in [0.717, 1.165) is 0 Å². The summed E-state index contributed by atoms with van der Waals surface area (Å²) in [6.45, 7) is 5.97. The lowest BCUT2D eigenvalue weighted by Gasteiger charge is -2.31. The predicted molar refractivity (Wildman–Crippen MR) is 296 cm³/mol. The number of phenols is 1. The van der Waals surface area contributed by atoms with Gasteiger partial charge in [0.15, 0.2) is 6.61 Å². The maximum atomic E-state index is 14.2. The number of amides is 10. The van der Waals surface area contributed by atoms with E-state index in [1.165, 1.54) is 29.2 Å². The highest BCUT2D eigenvalue weighted by Crippen LogP contribution is 2.21. The number of phenolic OH excluding ortho intramolecular Hbond substituents is 1. The molecule has 1 heterocycles. The third-order valence-corrected chi connectivity index (χ3v) is 13.6. The van der Waals surface area contributed by atoms with Crippen LogP contribution in [0, 0.1) is 11.8 Å². The Morgan fingerprint density at radius 1 is 0.662 bits per heavy atom. The number of nitrogens with zero attached hydrogens (tertiary/aromatic N) is 1. The van der Waals surface area contributed by atoms with E-state index in [9.17, 15) is 62.6 Å². The normalized spacial score (nSPS) is 16.4. The van der Waals surface area contributed by atoms with Crippen molar-refractivity contribution in [1.82, 2.24) is 42.1 Å². The average molecular weight is 1160 g/mol. The molecule has 0 radical (unpaired) electrons. The molecule has 1 aliphatic heterocycles. The Morgan fingerprint density at radius 3 is 1.79 bits per heavy atom. The first-order valence-electron chi connectivity index (χ1n) is 26.0. The largest absolute Gasteiger partial charge is 0.508 e. The van der Waals surface area contributed by atoms with Gasteiger partial charge in [-0.05, 0) is 60.8 Å². The number of carboxylic acids is 1. The molecule has 10 amide bonds. The van der Waals surface area contributed by atoms with E-state index in [1.54, 1.807) is 58.0 Å². The first-order chi connectivity index (χ1) is 37.8. The van der Waals surface area contributed by atoms with Crippen molar-refractivity contribution in [3.63, 3.8) is 0 Å². The van der Waals surface area contributed by atoms with Gasteiger partial charge in [-0.25, -0.2) is 9.59 Å². The van der Waals surface area contributed by atoms with Crippen molar-refractivity contribution in [2.24, 2.45) is 29.0 Å². The number of hydrogen-bond acceptors (Lipinski definition) is 17. The molecule has 1 saturated heterocycles. The average Bonchev–Trinajstić information content (AvgIpc) is 3.91. The van der Waals surface area contributed by atoms with Crippen LogP contribution in [-0.4, -0.2) is 165 Å². The number of benzene rings is 2. The van der Waals surface area contributed by atoms with Crippen molar-refractivity contribution < 1.29 is 72.5 Å². The Hall–Kier alpha value is -7.46. The second-order valence-corrected chi connectivity index (χ2v) is 20.5. The molecule has 26 nitrogen and oxygen atoms in total. The summed E-state index contributed by atoms with van der Waals surface area (Å²) >= 11 is 8.33. The molecular weight excluding hydrogens is 1080 g/mol. The molecule has 0 unspecified atom stereocenters. The first-order valence-corrected chi connectivity index (χ1v) is 27.2. The fourth-order valence-electron chi connectivity index (χ4n) is 8.37. The molecule has 0 saturated carbocycles. The molecule has 0 bridgehead atoms. The molecule has 2 aromatic carbocycles. The van der Waals surface area contributed by atoms with Crippen molar-refractivity contribution >= 4 is 96.3 Å². The van der Waals surface area contributed by atoms with Crippen LogP contribution in [0.4, 0.5) is 0 Å². The molecule has 3 rings (SSSR count). The summed E-state index contributed by atoms with van der Waals surface area (Å²) in [5.41, 5.74) is 17.9. The zero-order valence-electron chi connectivity index (χ0n) is 45.0. The third kappa shape index (κ3) is 22.0. The monoisotopic (exact) mass is 1160 g/mol. The molecule has 0 aliphatic carbocycles. The number of nitrogens with one attached hydrogen (secondary N) is 7. The molecule has 80 heavy (non-hydrogen) atoms. The van der Waals surface area contributed by atoms with Crippen LogP contribution in [0.5, 0.6) is 5.75 Å². The van der Waals surface area contributed by atoms with Crippen LogP contribution in [0.15, 0.2) is 54.6 Å². The van der Waals surface area contributed by atoms with Gasteiger partial charge < -0.3 is 74.3 Å². The van der Waals surface area contributed by atoms with Gasteiger partial charge in [0.25, 0.3) is 0 Å². The summed E-state index contributed by atoms with van der Waals surface area (Å²) in [6.07, 6.45) is -1.12. The van der Waals surface area contributed by atoms with Gasteiger partial charge in [-0.3, -0.25) is 47.9 Å². The Labute approximate surface area is 474 Å². The molecule has 28 heteroatoms. The van der Waals surface area contributed by atoms with Crippen molar-refractivity contribution in [1.29, 1.82) is 0 Å². The zero-order valence-corrected chi connectivity index (χ0v) is 46.8. The third-order valence-electron chi connectivity index (χ3n) is 12.9. The number of esters is 1. The fraction of sp³-hybridized carbons (Fsp3) is 0.538. The SMILES string of the molecule is CC[C@H](C)[C@H](NC(=O)[C@H](Cc1ccc(O)cc1)NC(=O)[C@@H](N)CS)C(=O)N[C@@H](CCC(N)=O)C(=O)N[C@@H](CC(N)=O)C(=O)N[C@@H](CS)C(=O)N1CCC[C@H]1C(=O)N[C@@H](CC(C)C)C(=O)N[C@@H](Cc1ccccc1)C(=O)OCC(=O)O. The van der Waals surface area contributed by atoms with Gasteiger partial charge in [-0.1, -0.05) is 76.6 Å². The second-order valence-electron chi connectivity index (χ2n) is 19.8. The van der Waals surface area contributed by atoms with Gasteiger partial charge in [0, 0.05) is 37.3 Å². The zero-order chi connectivity index (χ0) is 59.8. The summed E-state index contributed by atoms with van der Waals surface area (Å²) in [6, 6.07) is 1.82. The lowest BCUT2D eigenvalue weighted by molar-refractivity contribution is -0.157. The van der Waals surface area contributed by atoms with Crippen molar-refractivity contribution in [3.8, 4) is 5.75 Å². The van der Waals surface area contributed by atoms with Crippen molar-refractivity contribution in [3.05, 3.63) is 65.7 Å².